The van der Waals surface area contributed by atoms with E-state index < -0.39 is 0 Å². The molecule has 0 aliphatic carbocycles. The number of terminal acetylenes is 1. The van der Waals surface area contributed by atoms with Crippen LogP contribution < -0.4 is 5.32 Å². The topological polar surface area (TPSA) is 29.9 Å². The second-order valence-electron chi connectivity index (χ2n) is 3.33. The van der Waals surface area contributed by atoms with Crippen molar-refractivity contribution in [3.63, 3.8) is 0 Å². The fraction of sp³-hybridized carbons (Fsp3) is 0.545. The van der Waals surface area contributed by atoms with E-state index in [1.807, 2.05) is 16.9 Å². The molecule has 3 nitrogen and oxygen atoms in total. The van der Waals surface area contributed by atoms with Crippen LogP contribution in [0.2, 0.25) is 0 Å². The van der Waals surface area contributed by atoms with Crippen LogP contribution in [0.15, 0.2) is 12.3 Å². The number of nitrogens with zero attached hydrogens (tertiary/aromatic N) is 2. The monoisotopic (exact) mass is 191 g/mol. The molecule has 0 aliphatic heterocycles. The highest BCUT2D eigenvalue weighted by Crippen LogP contribution is 1.99. The van der Waals surface area contributed by atoms with Crippen molar-refractivity contribution in [2.45, 2.75) is 39.4 Å². The lowest BCUT2D eigenvalue weighted by molar-refractivity contribution is 0.523. The van der Waals surface area contributed by atoms with Gasteiger partial charge in [0.05, 0.1) is 5.69 Å². The molecule has 0 saturated heterocycles. The molecule has 14 heavy (non-hydrogen) atoms. The highest BCUT2D eigenvalue weighted by molar-refractivity contribution is 5.00. The number of hydrogen-bond acceptors (Lipinski definition) is 2. The zero-order valence-corrected chi connectivity index (χ0v) is 8.83. The van der Waals surface area contributed by atoms with E-state index in [9.17, 15) is 0 Å². The van der Waals surface area contributed by atoms with Crippen LogP contribution in [0, 0.1) is 12.3 Å². The predicted octanol–water partition coefficient (Wildman–Crippen LogP) is 1.40. The van der Waals surface area contributed by atoms with Crippen molar-refractivity contribution in [1.29, 1.82) is 0 Å². The highest BCUT2D eigenvalue weighted by Gasteiger charge is 2.02. The van der Waals surface area contributed by atoms with Crippen molar-refractivity contribution >= 4 is 0 Å². The van der Waals surface area contributed by atoms with Gasteiger partial charge in [-0.1, -0.05) is 0 Å². The molecule has 0 saturated carbocycles. The highest BCUT2D eigenvalue weighted by atomic mass is 15.3. The van der Waals surface area contributed by atoms with Crippen LogP contribution in [0.25, 0.3) is 0 Å². The Morgan fingerprint density at radius 1 is 1.71 bits per heavy atom. The lowest BCUT2D eigenvalue weighted by atomic mass is 10.2. The minimum atomic E-state index is 0.361. The van der Waals surface area contributed by atoms with E-state index in [-0.39, 0.29) is 0 Å². The van der Waals surface area contributed by atoms with Crippen LogP contribution in [-0.2, 0) is 13.1 Å². The Bertz CT molecular complexity index is 309. The summed E-state index contributed by atoms with van der Waals surface area (Å²) in [6.45, 7) is 5.91. The molecule has 1 atom stereocenters. The minimum absolute atomic E-state index is 0.361. The maximum atomic E-state index is 5.23. The fourth-order valence-corrected chi connectivity index (χ4v) is 1.32. The van der Waals surface area contributed by atoms with Crippen LogP contribution in [0.4, 0.5) is 0 Å². The van der Waals surface area contributed by atoms with Gasteiger partial charge in [-0.05, 0) is 19.9 Å². The number of nitrogens with one attached hydrogen (secondary N) is 1. The van der Waals surface area contributed by atoms with E-state index in [0.29, 0.717) is 6.04 Å². The van der Waals surface area contributed by atoms with E-state index in [4.69, 9.17) is 6.42 Å². The molecule has 1 N–H and O–H groups in total. The summed E-state index contributed by atoms with van der Waals surface area (Å²) < 4.78 is 1.98. The lowest BCUT2D eigenvalue weighted by Gasteiger charge is -2.11. The summed E-state index contributed by atoms with van der Waals surface area (Å²) in [6, 6.07) is 2.39. The van der Waals surface area contributed by atoms with E-state index in [1.165, 1.54) is 5.69 Å². The first-order valence-corrected chi connectivity index (χ1v) is 4.95. The minimum Gasteiger partial charge on any atom is -0.308 e. The van der Waals surface area contributed by atoms with Gasteiger partial charge in [-0.2, -0.15) is 5.10 Å². The van der Waals surface area contributed by atoms with Crippen molar-refractivity contribution in [2.24, 2.45) is 0 Å². The largest absolute Gasteiger partial charge is 0.308 e. The molecule has 1 heterocycles. The molecule has 1 rings (SSSR count). The Morgan fingerprint density at radius 2 is 2.50 bits per heavy atom. The van der Waals surface area contributed by atoms with Crippen LogP contribution in [-0.4, -0.2) is 15.8 Å². The molecule has 1 unspecified atom stereocenters. The first kappa shape index (κ1) is 10.8. The molecule has 76 valence electrons. The van der Waals surface area contributed by atoms with Gasteiger partial charge in [-0.3, -0.25) is 4.68 Å². The molecular weight excluding hydrogens is 174 g/mol. The standard InChI is InChI=1S/C11H17N3/c1-4-6-10(3)12-9-11-7-8-13-14(11)5-2/h1,7-8,10,12H,5-6,9H2,2-3H3. The summed E-state index contributed by atoms with van der Waals surface area (Å²) in [6.07, 6.45) is 7.82. The second kappa shape index (κ2) is 5.46. The first-order chi connectivity index (χ1) is 6.77. The van der Waals surface area contributed by atoms with E-state index in [2.05, 4.69) is 30.2 Å². The molecule has 0 radical (unpaired) electrons. The molecule has 3 heteroatoms. The van der Waals surface area contributed by atoms with Crippen LogP contribution in [0.3, 0.4) is 0 Å². The Kier molecular flexibility index (Phi) is 4.21. The number of aryl methyl sites for hydroxylation is 1. The smallest absolute Gasteiger partial charge is 0.0522 e. The third-order valence-corrected chi connectivity index (χ3v) is 2.16. The van der Waals surface area contributed by atoms with Crippen molar-refractivity contribution < 1.29 is 0 Å². The summed E-state index contributed by atoms with van der Waals surface area (Å²) >= 11 is 0. The number of hydrogen-bond donors (Lipinski definition) is 1. The van der Waals surface area contributed by atoms with Gasteiger partial charge >= 0.3 is 0 Å². The molecule has 0 aromatic carbocycles. The quantitative estimate of drug-likeness (QED) is 0.713. The molecule has 0 fully saturated rings. The average Bonchev–Trinajstić information content (AvgIpc) is 2.62. The van der Waals surface area contributed by atoms with Gasteiger partial charge in [0.15, 0.2) is 0 Å². The van der Waals surface area contributed by atoms with Crippen molar-refractivity contribution in [1.82, 2.24) is 15.1 Å². The summed E-state index contributed by atoms with van der Waals surface area (Å²) in [5.41, 5.74) is 1.20. The van der Waals surface area contributed by atoms with Gasteiger partial charge in [-0.15, -0.1) is 12.3 Å². The zero-order valence-electron chi connectivity index (χ0n) is 8.83. The van der Waals surface area contributed by atoms with Gasteiger partial charge in [-0.25, -0.2) is 0 Å². The van der Waals surface area contributed by atoms with Gasteiger partial charge in [0.1, 0.15) is 0 Å². The molecule has 1 aromatic rings. The molecule has 0 spiro atoms. The molecular formula is C11H17N3. The first-order valence-electron chi connectivity index (χ1n) is 4.95. The Labute approximate surface area is 85.5 Å². The van der Waals surface area contributed by atoms with Crippen molar-refractivity contribution in [2.75, 3.05) is 0 Å². The van der Waals surface area contributed by atoms with Crippen LogP contribution in [0.1, 0.15) is 26.0 Å². The maximum Gasteiger partial charge on any atom is 0.0522 e. The lowest BCUT2D eigenvalue weighted by Crippen LogP contribution is -2.26. The van der Waals surface area contributed by atoms with Crippen LogP contribution >= 0.6 is 0 Å². The van der Waals surface area contributed by atoms with Gasteiger partial charge in [0.2, 0.25) is 0 Å². The molecule has 0 bridgehead atoms. The Balaban J connectivity index is 2.42. The van der Waals surface area contributed by atoms with Gasteiger partial charge in [0.25, 0.3) is 0 Å². The molecule has 0 aliphatic rings. The van der Waals surface area contributed by atoms with E-state index in [0.717, 1.165) is 19.5 Å². The van der Waals surface area contributed by atoms with Crippen molar-refractivity contribution in [3.05, 3.63) is 18.0 Å². The van der Waals surface area contributed by atoms with E-state index in [1.54, 1.807) is 0 Å². The zero-order chi connectivity index (χ0) is 10.4. The number of rotatable bonds is 5. The summed E-state index contributed by atoms with van der Waals surface area (Å²) in [7, 11) is 0. The van der Waals surface area contributed by atoms with Gasteiger partial charge < -0.3 is 5.32 Å². The molecule has 0 amide bonds. The van der Waals surface area contributed by atoms with Crippen LogP contribution in [0.5, 0.6) is 0 Å². The second-order valence-corrected chi connectivity index (χ2v) is 3.33. The number of aromatic nitrogens is 2. The van der Waals surface area contributed by atoms with Gasteiger partial charge in [0, 0.05) is 31.7 Å². The average molecular weight is 191 g/mol. The SMILES string of the molecule is C#CCC(C)NCc1ccnn1CC. The Morgan fingerprint density at radius 3 is 3.14 bits per heavy atom. The summed E-state index contributed by atoms with van der Waals surface area (Å²) in [4.78, 5) is 0. The summed E-state index contributed by atoms with van der Waals surface area (Å²) in [5.74, 6) is 2.64. The normalized spacial score (nSPS) is 12.4. The third kappa shape index (κ3) is 2.90. The maximum absolute atomic E-state index is 5.23. The fourth-order valence-electron chi connectivity index (χ4n) is 1.32. The Hall–Kier alpha value is -1.27. The van der Waals surface area contributed by atoms with E-state index >= 15 is 0 Å². The predicted molar refractivity (Wildman–Crippen MR) is 57.7 cm³/mol. The van der Waals surface area contributed by atoms with Crippen molar-refractivity contribution in [3.8, 4) is 12.3 Å². The third-order valence-electron chi connectivity index (χ3n) is 2.16. The molecule has 1 aromatic heterocycles. The summed E-state index contributed by atoms with van der Waals surface area (Å²) in [5, 5.41) is 7.55.